The molecular formula is C30H28F4. The Labute approximate surface area is 198 Å². The van der Waals surface area contributed by atoms with Gasteiger partial charge in [0.25, 0.3) is 0 Å². The fourth-order valence-electron chi connectivity index (χ4n) is 4.31. The molecule has 0 amide bonds. The van der Waals surface area contributed by atoms with Crippen molar-refractivity contribution >= 4 is 10.8 Å². The Morgan fingerprint density at radius 1 is 0.529 bits per heavy atom. The quantitative estimate of drug-likeness (QED) is 0.173. The van der Waals surface area contributed by atoms with E-state index in [1.165, 1.54) is 24.0 Å². The van der Waals surface area contributed by atoms with Crippen LogP contribution in [0.15, 0.2) is 66.7 Å². The van der Waals surface area contributed by atoms with Gasteiger partial charge in [-0.1, -0.05) is 67.9 Å². The van der Waals surface area contributed by atoms with Gasteiger partial charge >= 0.3 is 0 Å². The van der Waals surface area contributed by atoms with Gasteiger partial charge in [0.15, 0.2) is 17.5 Å². The lowest BCUT2D eigenvalue weighted by Crippen LogP contribution is -1.99. The van der Waals surface area contributed by atoms with Gasteiger partial charge in [-0.15, -0.1) is 0 Å². The summed E-state index contributed by atoms with van der Waals surface area (Å²) in [7, 11) is 0. The van der Waals surface area contributed by atoms with Gasteiger partial charge in [-0.3, -0.25) is 0 Å². The minimum absolute atomic E-state index is 0.214. The van der Waals surface area contributed by atoms with Crippen LogP contribution in [0.5, 0.6) is 0 Å². The van der Waals surface area contributed by atoms with Crippen molar-refractivity contribution in [2.24, 2.45) is 0 Å². The monoisotopic (exact) mass is 464 g/mol. The van der Waals surface area contributed by atoms with E-state index < -0.39 is 17.5 Å². The summed E-state index contributed by atoms with van der Waals surface area (Å²) in [6, 6.07) is 20.1. The fourth-order valence-corrected chi connectivity index (χ4v) is 4.31. The maximum atomic E-state index is 15.1. The number of unbranched alkanes of at least 4 members (excludes halogenated alkanes) is 1. The van der Waals surface area contributed by atoms with E-state index in [9.17, 15) is 13.2 Å². The van der Waals surface area contributed by atoms with E-state index in [-0.39, 0.29) is 18.7 Å². The Balaban J connectivity index is 1.42. The molecule has 4 aromatic rings. The largest absolute Gasteiger partial charge is 0.206 e. The zero-order chi connectivity index (χ0) is 24.1. The van der Waals surface area contributed by atoms with Crippen molar-refractivity contribution in [3.8, 4) is 0 Å². The van der Waals surface area contributed by atoms with Crippen LogP contribution in [0.1, 0.15) is 47.6 Å². The Hall–Kier alpha value is -3.14. The molecule has 0 radical (unpaired) electrons. The second-order valence-electron chi connectivity index (χ2n) is 8.89. The lowest BCUT2D eigenvalue weighted by Gasteiger charge is -2.10. The number of fused-ring (bicyclic) bond motifs is 1. The van der Waals surface area contributed by atoms with Crippen LogP contribution >= 0.6 is 0 Å². The Morgan fingerprint density at radius 3 is 1.79 bits per heavy atom. The zero-order valence-electron chi connectivity index (χ0n) is 19.3. The number of halogens is 4. The molecule has 4 rings (SSSR count). The molecule has 0 saturated heterocycles. The lowest BCUT2D eigenvalue weighted by molar-refractivity contribution is 0.445. The summed E-state index contributed by atoms with van der Waals surface area (Å²) in [4.78, 5) is 0. The molecule has 0 aliphatic rings. The maximum Gasteiger partial charge on any atom is 0.194 e. The first-order valence-corrected chi connectivity index (χ1v) is 11.9. The van der Waals surface area contributed by atoms with Crippen LogP contribution in [0.2, 0.25) is 0 Å². The molecule has 0 aromatic heterocycles. The van der Waals surface area contributed by atoms with Crippen LogP contribution in [-0.2, 0) is 32.1 Å². The molecule has 0 heterocycles. The third kappa shape index (κ3) is 5.67. The first-order valence-electron chi connectivity index (χ1n) is 11.9. The van der Waals surface area contributed by atoms with Crippen molar-refractivity contribution in [1.29, 1.82) is 0 Å². The summed E-state index contributed by atoms with van der Waals surface area (Å²) < 4.78 is 55.1. The zero-order valence-corrected chi connectivity index (χ0v) is 19.3. The first-order chi connectivity index (χ1) is 16.4. The van der Waals surface area contributed by atoms with Crippen molar-refractivity contribution in [1.82, 2.24) is 0 Å². The van der Waals surface area contributed by atoms with E-state index in [1.807, 2.05) is 18.2 Å². The van der Waals surface area contributed by atoms with Gasteiger partial charge in [-0.05, 0) is 83.9 Å². The average molecular weight is 465 g/mol. The summed E-state index contributed by atoms with van der Waals surface area (Å²) in [5, 5.41) is 1.35. The molecule has 0 bridgehead atoms. The number of hydrogen-bond donors (Lipinski definition) is 0. The fraction of sp³-hybridized carbons (Fsp3) is 0.267. The van der Waals surface area contributed by atoms with Crippen LogP contribution in [0, 0.1) is 23.3 Å². The van der Waals surface area contributed by atoms with Gasteiger partial charge in [-0.25, -0.2) is 17.6 Å². The third-order valence-corrected chi connectivity index (χ3v) is 6.37. The molecule has 0 saturated carbocycles. The van der Waals surface area contributed by atoms with Crippen molar-refractivity contribution in [2.45, 2.75) is 51.9 Å². The molecule has 0 aliphatic carbocycles. The molecule has 176 valence electrons. The summed E-state index contributed by atoms with van der Waals surface area (Å²) in [5.74, 6) is -4.27. The number of aryl methyl sites for hydroxylation is 5. The number of hydrogen-bond acceptors (Lipinski definition) is 0. The summed E-state index contributed by atoms with van der Waals surface area (Å²) >= 11 is 0. The Morgan fingerprint density at radius 2 is 1.12 bits per heavy atom. The van der Waals surface area contributed by atoms with E-state index in [0.29, 0.717) is 16.5 Å². The molecule has 0 nitrogen and oxygen atoms in total. The van der Waals surface area contributed by atoms with Crippen molar-refractivity contribution in [3.05, 3.63) is 118 Å². The summed E-state index contributed by atoms with van der Waals surface area (Å²) in [5.41, 5.74) is 4.57. The van der Waals surface area contributed by atoms with E-state index in [2.05, 4.69) is 31.2 Å². The summed E-state index contributed by atoms with van der Waals surface area (Å²) in [6.45, 7) is 2.20. The van der Waals surface area contributed by atoms with E-state index in [4.69, 9.17) is 0 Å². The van der Waals surface area contributed by atoms with Gasteiger partial charge in [0.2, 0.25) is 0 Å². The van der Waals surface area contributed by atoms with Crippen LogP contribution in [-0.4, -0.2) is 0 Å². The third-order valence-electron chi connectivity index (χ3n) is 6.37. The van der Waals surface area contributed by atoms with Crippen LogP contribution < -0.4 is 0 Å². The standard InChI is InChI=1S/C30H28F4/c1-2-3-4-20-5-7-21(8-6-20)9-10-22-12-16-26-25(17-22)15-14-24(29(26)33)13-11-23-18-27(31)30(34)28(32)19-23/h5-8,12,14-19H,2-4,9-11,13H2,1H3. The van der Waals surface area contributed by atoms with Crippen LogP contribution in [0.25, 0.3) is 10.8 Å². The predicted molar refractivity (Wildman–Crippen MR) is 130 cm³/mol. The van der Waals surface area contributed by atoms with Gasteiger partial charge in [0.05, 0.1) is 0 Å². The number of benzene rings is 4. The predicted octanol–water partition coefficient (Wildman–Crippen LogP) is 8.31. The molecule has 0 spiro atoms. The highest BCUT2D eigenvalue weighted by Gasteiger charge is 2.12. The molecule has 4 aromatic carbocycles. The minimum atomic E-state index is -1.49. The second-order valence-corrected chi connectivity index (χ2v) is 8.89. The van der Waals surface area contributed by atoms with Crippen molar-refractivity contribution in [2.75, 3.05) is 0 Å². The molecule has 0 atom stereocenters. The molecule has 0 N–H and O–H groups in total. The van der Waals surface area contributed by atoms with Crippen molar-refractivity contribution < 1.29 is 17.6 Å². The minimum Gasteiger partial charge on any atom is -0.206 e. The van der Waals surface area contributed by atoms with Gasteiger partial charge < -0.3 is 0 Å². The van der Waals surface area contributed by atoms with E-state index in [1.54, 1.807) is 12.1 Å². The van der Waals surface area contributed by atoms with Crippen LogP contribution in [0.3, 0.4) is 0 Å². The summed E-state index contributed by atoms with van der Waals surface area (Å²) in [6.07, 6.45) is 5.79. The molecule has 4 heteroatoms. The smallest absolute Gasteiger partial charge is 0.194 e. The van der Waals surface area contributed by atoms with Crippen molar-refractivity contribution in [3.63, 3.8) is 0 Å². The highest BCUT2D eigenvalue weighted by atomic mass is 19.2. The Bertz CT molecular complexity index is 1250. The normalized spacial score (nSPS) is 11.3. The van der Waals surface area contributed by atoms with E-state index >= 15 is 4.39 Å². The topological polar surface area (TPSA) is 0 Å². The average Bonchev–Trinajstić information content (AvgIpc) is 2.85. The molecule has 34 heavy (non-hydrogen) atoms. The van der Waals surface area contributed by atoms with Gasteiger partial charge in [0.1, 0.15) is 5.82 Å². The lowest BCUT2D eigenvalue weighted by atomic mass is 9.97. The first kappa shape index (κ1) is 24.0. The molecular weight excluding hydrogens is 436 g/mol. The van der Waals surface area contributed by atoms with Gasteiger partial charge in [0, 0.05) is 5.39 Å². The van der Waals surface area contributed by atoms with Crippen LogP contribution in [0.4, 0.5) is 17.6 Å². The van der Waals surface area contributed by atoms with Gasteiger partial charge in [-0.2, -0.15) is 0 Å². The Kier molecular flexibility index (Phi) is 7.66. The molecule has 0 fully saturated rings. The second kappa shape index (κ2) is 10.9. The molecule has 0 unspecified atom stereocenters. The highest BCUT2D eigenvalue weighted by molar-refractivity contribution is 5.84. The maximum absolute atomic E-state index is 15.1. The van der Waals surface area contributed by atoms with E-state index in [0.717, 1.165) is 42.3 Å². The number of rotatable bonds is 9. The SMILES string of the molecule is CCCCc1ccc(CCc2ccc3c(F)c(CCc4cc(F)c(F)c(F)c4)ccc3c2)cc1. The molecule has 0 aliphatic heterocycles. The highest BCUT2D eigenvalue weighted by Crippen LogP contribution is 2.25.